The van der Waals surface area contributed by atoms with Crippen LogP contribution >= 0.6 is 0 Å². The molecule has 174 valence electrons. The number of carbonyl (C=O) groups is 1. The summed E-state index contributed by atoms with van der Waals surface area (Å²) >= 11 is 0. The maximum atomic E-state index is 11.6. The molecule has 19 heteroatoms. The fourth-order valence-electron chi connectivity index (χ4n) is 1.51. The number of likely N-dealkylation sites (N-methyl/N-ethyl adjacent to an activating group) is 1. The Balaban J connectivity index is -0.000000133. The molecule has 0 aliphatic carbocycles. The number of nitrogen functional groups attached to an aromatic ring is 1. The van der Waals surface area contributed by atoms with E-state index in [1.165, 1.54) is 0 Å². The number of nitrogens with zero attached hydrogens (tertiary/aromatic N) is 1. The summed E-state index contributed by atoms with van der Waals surface area (Å²) in [4.78, 5) is 13.8. The normalized spacial score (nSPS) is 6.84. The van der Waals surface area contributed by atoms with E-state index in [2.05, 4.69) is 18.7 Å². The van der Waals surface area contributed by atoms with Crippen LogP contribution in [0.15, 0.2) is 24.3 Å². The Morgan fingerprint density at radius 2 is 1.12 bits per heavy atom. The van der Waals surface area contributed by atoms with Gasteiger partial charge in [-0.05, 0) is 37.4 Å². The molecule has 32 heavy (non-hydrogen) atoms. The molecule has 0 bridgehead atoms. The molecule has 0 spiro atoms. The van der Waals surface area contributed by atoms with Gasteiger partial charge in [0.1, 0.15) is 6.61 Å². The molecular formula is C13H25B5N2O12. The molecule has 0 aromatic heterocycles. The minimum absolute atomic E-state index is 0.250. The van der Waals surface area contributed by atoms with Gasteiger partial charge in [-0.1, -0.05) is 13.8 Å². The van der Waals surface area contributed by atoms with Crippen LogP contribution in [0.1, 0.15) is 24.2 Å². The SMILES string of the molecule is CCN(CC)CCOC(=O)c1ccc(N)cc1.O=BO.O=BO.O=BO.O=BO.O=BO. The van der Waals surface area contributed by atoms with E-state index in [9.17, 15) is 4.79 Å². The Morgan fingerprint density at radius 1 is 0.812 bits per heavy atom. The van der Waals surface area contributed by atoms with Gasteiger partial charge in [0.05, 0.1) is 5.56 Å². The molecule has 0 unspecified atom stereocenters. The number of hydrogen-bond donors (Lipinski definition) is 6. The number of benzene rings is 1. The fraction of sp³-hybridized carbons (Fsp3) is 0.462. The van der Waals surface area contributed by atoms with Crippen LogP contribution in [0.3, 0.4) is 0 Å². The molecule has 1 rings (SSSR count). The van der Waals surface area contributed by atoms with Gasteiger partial charge in [0.15, 0.2) is 0 Å². The van der Waals surface area contributed by atoms with Crippen LogP contribution in [0.5, 0.6) is 0 Å². The molecule has 0 saturated heterocycles. The fourth-order valence-corrected chi connectivity index (χ4v) is 1.51. The number of anilines is 1. The number of esters is 1. The Labute approximate surface area is 187 Å². The second kappa shape index (κ2) is 38.4. The average Bonchev–Trinajstić information content (AvgIpc) is 2.74. The number of nitrogens with two attached hydrogens (primary N) is 1. The first-order valence-corrected chi connectivity index (χ1v) is 8.39. The maximum absolute atomic E-state index is 11.6. The van der Waals surface area contributed by atoms with Crippen LogP contribution in [0.4, 0.5) is 5.69 Å². The predicted molar refractivity (Wildman–Crippen MR) is 112 cm³/mol. The van der Waals surface area contributed by atoms with Crippen molar-refractivity contribution in [2.45, 2.75) is 13.8 Å². The van der Waals surface area contributed by atoms with Crippen molar-refractivity contribution in [1.82, 2.24) is 4.90 Å². The molecule has 0 fully saturated rings. The second-order valence-electron chi connectivity index (χ2n) is 4.31. The van der Waals surface area contributed by atoms with E-state index in [4.69, 9.17) is 59.1 Å². The van der Waals surface area contributed by atoms with Crippen molar-refractivity contribution in [3.05, 3.63) is 29.8 Å². The zero-order valence-corrected chi connectivity index (χ0v) is 17.6. The number of hydrogen-bond acceptors (Lipinski definition) is 9. The molecule has 0 amide bonds. The molecule has 7 N–H and O–H groups in total. The zero-order valence-electron chi connectivity index (χ0n) is 17.6. The Bertz CT molecular complexity index is 544. The topological polar surface area (TPSA) is 242 Å². The molecule has 0 heterocycles. The summed E-state index contributed by atoms with van der Waals surface area (Å²) in [6, 6.07) is 6.74. The van der Waals surface area contributed by atoms with Crippen molar-refractivity contribution in [1.29, 1.82) is 0 Å². The third kappa shape index (κ3) is 41.2. The van der Waals surface area contributed by atoms with E-state index in [1.807, 2.05) is 0 Å². The van der Waals surface area contributed by atoms with E-state index in [0.717, 1.165) is 19.6 Å². The van der Waals surface area contributed by atoms with Gasteiger partial charge in [-0.2, -0.15) is 0 Å². The summed E-state index contributed by atoms with van der Waals surface area (Å²) in [5.41, 5.74) is 6.73. The van der Waals surface area contributed by atoms with Crippen molar-refractivity contribution in [3.8, 4) is 0 Å². The van der Waals surface area contributed by atoms with Gasteiger partial charge in [0.2, 0.25) is 0 Å². The van der Waals surface area contributed by atoms with Gasteiger partial charge in [-0.15, -0.1) is 0 Å². The van der Waals surface area contributed by atoms with Crippen molar-refractivity contribution in [3.63, 3.8) is 0 Å². The van der Waals surface area contributed by atoms with Crippen LogP contribution < -0.4 is 5.73 Å². The van der Waals surface area contributed by atoms with Crippen LogP contribution in [-0.4, -0.2) is 99.0 Å². The average molecular weight is 455 g/mol. The standard InChI is InChI=1S/C13H20N2O2.5BHO2/c1-3-15(4-2)9-10-17-13(16)11-5-7-12(14)8-6-11;5*2-1-3/h5-8H,3-4,9-10,14H2,1-2H3;5*2H. The van der Waals surface area contributed by atoms with E-state index < -0.39 is 0 Å². The summed E-state index contributed by atoms with van der Waals surface area (Å²) in [7, 11) is -1.25. The number of rotatable bonds is 6. The second-order valence-corrected chi connectivity index (χ2v) is 4.31. The molecule has 1 aromatic carbocycles. The minimum atomic E-state index is -0.294. The molecular weight excluding hydrogens is 430 g/mol. The molecule has 0 aliphatic heterocycles. The Morgan fingerprint density at radius 3 is 1.41 bits per heavy atom. The van der Waals surface area contributed by atoms with E-state index >= 15 is 0 Å². The van der Waals surface area contributed by atoms with Crippen molar-refractivity contribution in [2.24, 2.45) is 0 Å². The van der Waals surface area contributed by atoms with Crippen molar-refractivity contribution < 1.29 is 58.2 Å². The van der Waals surface area contributed by atoms with Gasteiger partial charge in [-0.3, -0.25) is 0 Å². The van der Waals surface area contributed by atoms with Crippen LogP contribution in [0, 0.1) is 0 Å². The van der Waals surface area contributed by atoms with Crippen LogP contribution in [0.25, 0.3) is 0 Å². The van der Waals surface area contributed by atoms with Gasteiger partial charge < -0.3 is 15.4 Å². The zero-order chi connectivity index (χ0) is 26.2. The quantitative estimate of drug-likeness (QED) is 0.138. The third-order valence-electron chi connectivity index (χ3n) is 2.68. The van der Waals surface area contributed by atoms with E-state index in [-0.39, 0.29) is 42.7 Å². The predicted octanol–water partition coefficient (Wildman–Crippen LogP) is -3.52. The molecule has 0 atom stereocenters. The monoisotopic (exact) mass is 456 g/mol. The van der Waals surface area contributed by atoms with Gasteiger partial charge in [0.25, 0.3) is 0 Å². The van der Waals surface area contributed by atoms with Crippen molar-refractivity contribution in [2.75, 3.05) is 32.0 Å². The van der Waals surface area contributed by atoms with Gasteiger partial charge >= 0.3 is 91.4 Å². The summed E-state index contributed by atoms with van der Waals surface area (Å²) in [6.07, 6.45) is 0. The molecule has 0 saturated carbocycles. The summed E-state index contributed by atoms with van der Waals surface area (Å²) in [6.45, 7) is 7.31. The van der Waals surface area contributed by atoms with E-state index in [0.29, 0.717) is 17.9 Å². The van der Waals surface area contributed by atoms with E-state index in [1.54, 1.807) is 24.3 Å². The third-order valence-corrected chi connectivity index (χ3v) is 2.68. The van der Waals surface area contributed by atoms with Crippen LogP contribution in [0.2, 0.25) is 0 Å². The van der Waals surface area contributed by atoms with Crippen LogP contribution in [-0.2, 0) is 28.3 Å². The Kier molecular flexibility index (Phi) is 47.1. The molecule has 0 aliphatic rings. The molecule has 14 nitrogen and oxygen atoms in total. The number of ether oxygens (including phenoxy) is 1. The molecule has 1 aromatic rings. The first kappa shape index (κ1) is 39.3. The van der Waals surface area contributed by atoms with Gasteiger partial charge in [0, 0.05) is 12.2 Å². The Hall–Kier alpha value is -3.23. The first-order chi connectivity index (χ1) is 15.2. The van der Waals surface area contributed by atoms with Gasteiger partial charge in [-0.25, -0.2) is 4.79 Å². The summed E-state index contributed by atoms with van der Waals surface area (Å²) < 4.78 is 47.0. The summed E-state index contributed by atoms with van der Waals surface area (Å²) in [5, 5.41) is 34.4. The first-order valence-electron chi connectivity index (χ1n) is 8.39. The number of carbonyl (C=O) groups excluding carboxylic acids is 1. The summed E-state index contributed by atoms with van der Waals surface area (Å²) in [5.74, 6) is -0.294. The van der Waals surface area contributed by atoms with Crippen molar-refractivity contribution >= 4 is 48.4 Å². The molecule has 0 radical (unpaired) electrons.